The van der Waals surface area contributed by atoms with Gasteiger partial charge in [-0.3, -0.25) is 9.59 Å². The molecule has 0 aliphatic rings. The number of hydrogen-bond acceptors (Lipinski definition) is 3. The van der Waals surface area contributed by atoms with Gasteiger partial charge in [0, 0.05) is 25.0 Å². The molecule has 0 bridgehead atoms. The van der Waals surface area contributed by atoms with Gasteiger partial charge in [0.15, 0.2) is 0 Å². The van der Waals surface area contributed by atoms with Crippen molar-refractivity contribution in [2.45, 2.75) is 39.3 Å². The summed E-state index contributed by atoms with van der Waals surface area (Å²) in [5.41, 5.74) is 1.98. The van der Waals surface area contributed by atoms with E-state index in [-0.39, 0.29) is 24.8 Å². The molecule has 28 heavy (non-hydrogen) atoms. The van der Waals surface area contributed by atoms with Gasteiger partial charge in [-0.1, -0.05) is 47.5 Å². The van der Waals surface area contributed by atoms with Crippen molar-refractivity contribution < 1.29 is 14.3 Å². The van der Waals surface area contributed by atoms with E-state index >= 15 is 0 Å². The number of carbonyl (C=O) groups is 2. The zero-order chi connectivity index (χ0) is 20.5. The summed E-state index contributed by atoms with van der Waals surface area (Å²) in [5, 5.41) is 3.18. The summed E-state index contributed by atoms with van der Waals surface area (Å²) in [5.74, 6) is 0.463. The molecule has 2 rings (SSSR count). The molecule has 6 heteroatoms. The maximum absolute atomic E-state index is 12.8. The Morgan fingerprint density at radius 1 is 1.14 bits per heavy atom. The summed E-state index contributed by atoms with van der Waals surface area (Å²) in [6, 6.07) is 14.5. The molecule has 1 atom stereocenters. The molecule has 1 unspecified atom stereocenters. The molecule has 0 heterocycles. The van der Waals surface area contributed by atoms with E-state index in [0.717, 1.165) is 11.3 Å². The minimum absolute atomic E-state index is 0.108. The maximum atomic E-state index is 12.8. The van der Waals surface area contributed by atoms with Gasteiger partial charge in [0.25, 0.3) is 0 Å². The summed E-state index contributed by atoms with van der Waals surface area (Å²) in [4.78, 5) is 26.5. The average Bonchev–Trinajstić information content (AvgIpc) is 2.70. The van der Waals surface area contributed by atoms with Crippen LogP contribution < -0.4 is 10.1 Å². The third kappa shape index (κ3) is 6.27. The van der Waals surface area contributed by atoms with Crippen molar-refractivity contribution in [2.24, 2.45) is 0 Å². The highest BCUT2D eigenvalue weighted by molar-refractivity contribution is 6.31. The van der Waals surface area contributed by atoms with Crippen LogP contribution in [0.3, 0.4) is 0 Å². The first kappa shape index (κ1) is 21.8. The fourth-order valence-corrected chi connectivity index (χ4v) is 2.99. The van der Waals surface area contributed by atoms with Gasteiger partial charge < -0.3 is 15.0 Å². The number of amides is 2. The zero-order valence-electron chi connectivity index (χ0n) is 16.6. The van der Waals surface area contributed by atoms with Gasteiger partial charge in [-0.15, -0.1) is 0 Å². The van der Waals surface area contributed by atoms with E-state index in [9.17, 15) is 9.59 Å². The molecule has 0 spiro atoms. The van der Waals surface area contributed by atoms with Crippen LogP contribution in [0.1, 0.15) is 30.9 Å². The number of carbonyl (C=O) groups excluding carboxylic acids is 2. The predicted molar refractivity (Wildman–Crippen MR) is 111 cm³/mol. The second-order valence-corrected chi connectivity index (χ2v) is 7.08. The number of rotatable bonds is 9. The highest BCUT2D eigenvalue weighted by Gasteiger charge is 2.25. The number of benzene rings is 2. The van der Waals surface area contributed by atoms with Crippen LogP contribution in [0.15, 0.2) is 48.5 Å². The Kier molecular flexibility index (Phi) is 8.33. The van der Waals surface area contributed by atoms with Crippen LogP contribution in [0.25, 0.3) is 0 Å². The Morgan fingerprint density at radius 3 is 2.46 bits per heavy atom. The van der Waals surface area contributed by atoms with Crippen molar-refractivity contribution in [1.82, 2.24) is 10.2 Å². The number of likely N-dealkylation sites (N-methyl/N-ethyl adjacent to an activating group) is 1. The Labute approximate surface area is 171 Å². The van der Waals surface area contributed by atoms with E-state index in [1.807, 2.05) is 49.4 Å². The Balaban J connectivity index is 1.97. The lowest BCUT2D eigenvalue weighted by molar-refractivity contribution is -0.140. The van der Waals surface area contributed by atoms with E-state index in [0.29, 0.717) is 18.1 Å². The van der Waals surface area contributed by atoms with Crippen LogP contribution >= 0.6 is 11.6 Å². The first-order valence-corrected chi connectivity index (χ1v) is 9.74. The van der Waals surface area contributed by atoms with Gasteiger partial charge in [0.05, 0.1) is 6.61 Å². The molecular formula is C22H27ClN2O3. The highest BCUT2D eigenvalue weighted by Crippen LogP contribution is 2.19. The Morgan fingerprint density at radius 2 is 1.82 bits per heavy atom. The summed E-state index contributed by atoms with van der Waals surface area (Å²) < 4.78 is 5.69. The molecule has 1 N–H and O–H groups in total. The van der Waals surface area contributed by atoms with Crippen LogP contribution in [-0.2, 0) is 16.1 Å². The second-order valence-electron chi connectivity index (χ2n) is 6.67. The van der Waals surface area contributed by atoms with Gasteiger partial charge in [-0.25, -0.2) is 0 Å². The number of halogens is 1. The summed E-state index contributed by atoms with van der Waals surface area (Å²) in [7, 11) is 1.56. The van der Waals surface area contributed by atoms with Crippen molar-refractivity contribution >= 4 is 23.4 Å². The lowest BCUT2D eigenvalue weighted by atomic mass is 10.1. The lowest BCUT2D eigenvalue weighted by Gasteiger charge is -2.28. The third-order valence-electron chi connectivity index (χ3n) is 4.54. The fraction of sp³-hybridized carbons (Fsp3) is 0.364. The first-order chi connectivity index (χ1) is 13.4. The molecule has 0 aliphatic carbocycles. The van der Waals surface area contributed by atoms with Gasteiger partial charge in [0.1, 0.15) is 11.8 Å². The molecule has 150 valence electrons. The zero-order valence-corrected chi connectivity index (χ0v) is 17.3. The fourth-order valence-electron chi connectivity index (χ4n) is 2.79. The summed E-state index contributed by atoms with van der Waals surface area (Å²) in [6.45, 7) is 4.45. The summed E-state index contributed by atoms with van der Waals surface area (Å²) >= 11 is 6.24. The number of nitrogens with zero attached hydrogens (tertiary/aromatic N) is 1. The highest BCUT2D eigenvalue weighted by atomic mass is 35.5. The quantitative estimate of drug-likeness (QED) is 0.645. The molecule has 2 aromatic carbocycles. The lowest BCUT2D eigenvalue weighted by Crippen LogP contribution is -2.46. The molecule has 0 saturated carbocycles. The van der Waals surface area contributed by atoms with Crippen molar-refractivity contribution in [3.63, 3.8) is 0 Å². The second kappa shape index (κ2) is 10.7. The molecule has 0 saturated heterocycles. The van der Waals surface area contributed by atoms with Crippen LogP contribution in [0, 0.1) is 6.92 Å². The molecule has 2 amide bonds. The smallest absolute Gasteiger partial charge is 0.242 e. The van der Waals surface area contributed by atoms with Gasteiger partial charge in [-0.2, -0.15) is 0 Å². The minimum Gasteiger partial charge on any atom is -0.494 e. The van der Waals surface area contributed by atoms with Crippen LogP contribution in [0.5, 0.6) is 5.75 Å². The largest absolute Gasteiger partial charge is 0.494 e. The molecular weight excluding hydrogens is 376 g/mol. The van der Waals surface area contributed by atoms with Crippen LogP contribution in [0.4, 0.5) is 0 Å². The average molecular weight is 403 g/mol. The van der Waals surface area contributed by atoms with Gasteiger partial charge in [-0.05, 0) is 44.0 Å². The van der Waals surface area contributed by atoms with Crippen LogP contribution in [0.2, 0.25) is 5.02 Å². The third-order valence-corrected chi connectivity index (χ3v) is 4.91. The van der Waals surface area contributed by atoms with Gasteiger partial charge in [0.2, 0.25) is 11.8 Å². The predicted octanol–water partition coefficient (Wildman–Crippen LogP) is 3.97. The van der Waals surface area contributed by atoms with Crippen molar-refractivity contribution in [1.29, 1.82) is 0 Å². The van der Waals surface area contributed by atoms with E-state index in [2.05, 4.69) is 5.32 Å². The van der Waals surface area contributed by atoms with E-state index in [4.69, 9.17) is 16.3 Å². The molecule has 2 aromatic rings. The van der Waals surface area contributed by atoms with E-state index in [1.54, 1.807) is 24.9 Å². The monoisotopic (exact) mass is 402 g/mol. The number of hydrogen-bond donors (Lipinski definition) is 1. The normalized spacial score (nSPS) is 11.6. The van der Waals surface area contributed by atoms with Crippen molar-refractivity contribution in [2.75, 3.05) is 13.7 Å². The number of aryl methyl sites for hydroxylation is 1. The minimum atomic E-state index is -0.591. The van der Waals surface area contributed by atoms with E-state index in [1.165, 1.54) is 5.56 Å². The molecule has 0 aliphatic heterocycles. The topological polar surface area (TPSA) is 58.6 Å². The molecule has 5 nitrogen and oxygen atoms in total. The first-order valence-electron chi connectivity index (χ1n) is 9.36. The van der Waals surface area contributed by atoms with Gasteiger partial charge >= 0.3 is 0 Å². The number of ether oxygens (including phenoxy) is 1. The maximum Gasteiger partial charge on any atom is 0.242 e. The number of nitrogens with one attached hydrogen (secondary N) is 1. The molecule has 0 aromatic heterocycles. The van der Waals surface area contributed by atoms with Crippen molar-refractivity contribution in [3.05, 3.63) is 64.7 Å². The van der Waals surface area contributed by atoms with E-state index < -0.39 is 6.04 Å². The SMILES string of the molecule is CNC(=O)C(C)N(Cc1ccccc1Cl)C(=O)CCCOc1ccc(C)cc1. The Bertz CT molecular complexity index is 793. The van der Waals surface area contributed by atoms with Crippen LogP contribution in [-0.4, -0.2) is 36.4 Å². The molecule has 0 fully saturated rings. The Hall–Kier alpha value is -2.53. The van der Waals surface area contributed by atoms with Crippen molar-refractivity contribution in [3.8, 4) is 5.75 Å². The molecule has 0 radical (unpaired) electrons. The standard InChI is InChI=1S/C22H27ClN2O3/c1-16-10-12-19(13-11-16)28-14-6-9-21(26)25(17(2)22(27)24-3)15-18-7-4-5-8-20(18)23/h4-5,7-8,10-13,17H,6,9,14-15H2,1-3H3,(H,24,27). The summed E-state index contributed by atoms with van der Waals surface area (Å²) in [6.07, 6.45) is 0.851.